The molecule has 0 saturated heterocycles. The van der Waals surface area contributed by atoms with Gasteiger partial charge in [0.25, 0.3) is 0 Å². The molecule has 1 heterocycles. The van der Waals surface area contributed by atoms with Crippen molar-refractivity contribution in [3.63, 3.8) is 0 Å². The highest BCUT2D eigenvalue weighted by Crippen LogP contribution is 2.22. The van der Waals surface area contributed by atoms with Crippen LogP contribution in [0.3, 0.4) is 0 Å². The monoisotopic (exact) mass is 352 g/mol. The molecule has 3 rings (SSSR count). The van der Waals surface area contributed by atoms with Crippen LogP contribution >= 0.6 is 11.3 Å². The summed E-state index contributed by atoms with van der Waals surface area (Å²) in [4.78, 5) is 16.6. The van der Waals surface area contributed by atoms with Crippen molar-refractivity contribution < 1.29 is 4.79 Å². The number of benzene rings is 2. The van der Waals surface area contributed by atoms with Gasteiger partial charge < -0.3 is 5.32 Å². The van der Waals surface area contributed by atoms with Gasteiger partial charge in [-0.05, 0) is 49.9 Å². The number of carbonyl (C=O) groups excluding carboxylic acids is 1. The van der Waals surface area contributed by atoms with Gasteiger partial charge in [0.15, 0.2) is 0 Å². The first kappa shape index (κ1) is 17.6. The minimum atomic E-state index is 0.111. The van der Waals surface area contributed by atoms with Gasteiger partial charge in [0.05, 0.1) is 15.2 Å². The van der Waals surface area contributed by atoms with Crippen LogP contribution in [0.2, 0.25) is 0 Å². The number of fused-ring (bicyclic) bond motifs is 1. The minimum Gasteiger partial charge on any atom is -0.356 e. The molecule has 3 aromatic rings. The summed E-state index contributed by atoms with van der Waals surface area (Å²) >= 11 is 1.68. The van der Waals surface area contributed by atoms with Crippen molar-refractivity contribution >= 4 is 27.5 Å². The third-order valence-corrected chi connectivity index (χ3v) is 5.44. The van der Waals surface area contributed by atoms with Crippen LogP contribution < -0.4 is 5.32 Å². The van der Waals surface area contributed by atoms with Crippen molar-refractivity contribution in [3.8, 4) is 0 Å². The minimum absolute atomic E-state index is 0.111. The van der Waals surface area contributed by atoms with E-state index in [2.05, 4.69) is 48.4 Å². The van der Waals surface area contributed by atoms with Crippen LogP contribution in [0.5, 0.6) is 0 Å². The van der Waals surface area contributed by atoms with Gasteiger partial charge in [-0.2, -0.15) is 0 Å². The van der Waals surface area contributed by atoms with E-state index in [0.29, 0.717) is 12.8 Å². The number of amides is 1. The molecule has 0 atom stereocenters. The molecule has 0 aliphatic heterocycles. The number of aromatic nitrogens is 1. The molecule has 0 bridgehead atoms. The predicted molar refractivity (Wildman–Crippen MR) is 105 cm³/mol. The SMILES string of the molecule is Cc1ccc(CCCNC(=O)CCc2nc3ccccc3s2)c(C)c1. The lowest BCUT2D eigenvalue weighted by molar-refractivity contribution is -0.121. The van der Waals surface area contributed by atoms with Gasteiger partial charge in [0, 0.05) is 19.4 Å². The van der Waals surface area contributed by atoms with Crippen molar-refractivity contribution in [1.82, 2.24) is 10.3 Å². The molecule has 0 radical (unpaired) electrons. The van der Waals surface area contributed by atoms with Crippen LogP contribution in [0, 0.1) is 13.8 Å². The highest BCUT2D eigenvalue weighted by molar-refractivity contribution is 7.18. The van der Waals surface area contributed by atoms with Crippen LogP contribution in [0.1, 0.15) is 34.5 Å². The van der Waals surface area contributed by atoms with Gasteiger partial charge in [-0.1, -0.05) is 35.9 Å². The van der Waals surface area contributed by atoms with E-state index >= 15 is 0 Å². The number of aryl methyl sites for hydroxylation is 4. The molecule has 25 heavy (non-hydrogen) atoms. The standard InChI is InChI=1S/C21H24N2OS/c1-15-9-10-17(16(2)14-15)6-5-13-22-20(24)11-12-21-23-18-7-3-4-8-19(18)25-21/h3-4,7-10,14H,5-6,11-13H2,1-2H3,(H,22,24). The second-order valence-electron chi connectivity index (χ2n) is 6.46. The summed E-state index contributed by atoms with van der Waals surface area (Å²) in [5.74, 6) is 0.111. The lowest BCUT2D eigenvalue weighted by Crippen LogP contribution is -2.25. The van der Waals surface area contributed by atoms with E-state index in [1.807, 2.05) is 18.2 Å². The maximum Gasteiger partial charge on any atom is 0.220 e. The average molecular weight is 353 g/mol. The highest BCUT2D eigenvalue weighted by atomic mass is 32.1. The van der Waals surface area contributed by atoms with E-state index in [1.54, 1.807) is 11.3 Å². The topological polar surface area (TPSA) is 42.0 Å². The zero-order valence-electron chi connectivity index (χ0n) is 14.8. The molecule has 0 aliphatic carbocycles. The van der Waals surface area contributed by atoms with Crippen molar-refractivity contribution in [1.29, 1.82) is 0 Å². The molecule has 130 valence electrons. The predicted octanol–water partition coefficient (Wildman–Crippen LogP) is 4.59. The number of nitrogens with one attached hydrogen (secondary N) is 1. The number of hydrogen-bond donors (Lipinski definition) is 1. The molecular weight excluding hydrogens is 328 g/mol. The first-order valence-corrected chi connectivity index (χ1v) is 9.61. The zero-order chi connectivity index (χ0) is 17.6. The van der Waals surface area contributed by atoms with Crippen molar-refractivity contribution in [2.45, 2.75) is 39.5 Å². The number of carbonyl (C=O) groups is 1. The summed E-state index contributed by atoms with van der Waals surface area (Å²) in [5.41, 5.74) is 5.03. The quantitative estimate of drug-likeness (QED) is 0.632. The number of hydrogen-bond acceptors (Lipinski definition) is 3. The van der Waals surface area contributed by atoms with Gasteiger partial charge in [-0.15, -0.1) is 11.3 Å². The molecule has 1 amide bonds. The molecule has 4 heteroatoms. The Balaban J connectivity index is 1.39. The Bertz CT molecular complexity index is 836. The van der Waals surface area contributed by atoms with Gasteiger partial charge in [0.1, 0.15) is 0 Å². The third kappa shape index (κ3) is 4.89. The number of nitrogens with zero attached hydrogens (tertiary/aromatic N) is 1. The fourth-order valence-electron chi connectivity index (χ4n) is 2.97. The molecule has 0 spiro atoms. The summed E-state index contributed by atoms with van der Waals surface area (Å²) < 4.78 is 1.19. The molecule has 1 N–H and O–H groups in total. The van der Waals surface area contributed by atoms with Crippen LogP contribution in [-0.4, -0.2) is 17.4 Å². The van der Waals surface area contributed by atoms with Gasteiger partial charge in [0.2, 0.25) is 5.91 Å². The Morgan fingerprint density at radius 3 is 2.76 bits per heavy atom. The van der Waals surface area contributed by atoms with Crippen LogP contribution in [0.15, 0.2) is 42.5 Å². The molecule has 3 nitrogen and oxygen atoms in total. The Kier molecular flexibility index (Phi) is 5.82. The summed E-state index contributed by atoms with van der Waals surface area (Å²) in [6.07, 6.45) is 3.19. The second-order valence-corrected chi connectivity index (χ2v) is 7.57. The molecule has 0 fully saturated rings. The largest absolute Gasteiger partial charge is 0.356 e. The van der Waals surface area contributed by atoms with E-state index in [9.17, 15) is 4.79 Å². The lowest BCUT2D eigenvalue weighted by Gasteiger charge is -2.08. The fourth-order valence-corrected chi connectivity index (χ4v) is 3.94. The molecule has 1 aromatic heterocycles. The summed E-state index contributed by atoms with van der Waals surface area (Å²) in [5, 5.41) is 4.06. The lowest BCUT2D eigenvalue weighted by atomic mass is 10.0. The van der Waals surface area contributed by atoms with Crippen LogP contribution in [0.25, 0.3) is 10.2 Å². The smallest absolute Gasteiger partial charge is 0.220 e. The molecular formula is C21H24N2OS. The Hall–Kier alpha value is -2.20. The van der Waals surface area contributed by atoms with Crippen molar-refractivity contribution in [2.75, 3.05) is 6.54 Å². The van der Waals surface area contributed by atoms with Crippen LogP contribution in [0.4, 0.5) is 0 Å². The van der Waals surface area contributed by atoms with Gasteiger partial charge in [-0.25, -0.2) is 4.98 Å². The van der Waals surface area contributed by atoms with Crippen LogP contribution in [-0.2, 0) is 17.6 Å². The number of rotatable bonds is 7. The molecule has 2 aromatic carbocycles. The van der Waals surface area contributed by atoms with E-state index in [1.165, 1.54) is 21.4 Å². The van der Waals surface area contributed by atoms with Crippen molar-refractivity contribution in [2.24, 2.45) is 0 Å². The van der Waals surface area contributed by atoms with E-state index in [0.717, 1.165) is 29.9 Å². The summed E-state index contributed by atoms with van der Waals surface area (Å²) in [6, 6.07) is 14.7. The van der Waals surface area contributed by atoms with Gasteiger partial charge in [-0.3, -0.25) is 4.79 Å². The van der Waals surface area contributed by atoms with E-state index in [-0.39, 0.29) is 5.91 Å². The van der Waals surface area contributed by atoms with Crippen molar-refractivity contribution in [3.05, 3.63) is 64.2 Å². The highest BCUT2D eigenvalue weighted by Gasteiger charge is 2.07. The first-order valence-electron chi connectivity index (χ1n) is 8.79. The third-order valence-electron chi connectivity index (χ3n) is 4.35. The maximum absolute atomic E-state index is 12.0. The molecule has 0 unspecified atom stereocenters. The normalized spacial score (nSPS) is 11.0. The average Bonchev–Trinajstić information content (AvgIpc) is 3.01. The molecule has 0 saturated carbocycles. The fraction of sp³-hybridized carbons (Fsp3) is 0.333. The second kappa shape index (κ2) is 8.26. The summed E-state index contributed by atoms with van der Waals surface area (Å²) in [7, 11) is 0. The van der Waals surface area contributed by atoms with E-state index < -0.39 is 0 Å². The Morgan fingerprint density at radius 2 is 1.96 bits per heavy atom. The Morgan fingerprint density at radius 1 is 1.12 bits per heavy atom. The zero-order valence-corrected chi connectivity index (χ0v) is 15.7. The number of thiazole rings is 1. The number of para-hydroxylation sites is 1. The summed E-state index contributed by atoms with van der Waals surface area (Å²) in [6.45, 7) is 4.99. The Labute approximate surface area is 153 Å². The van der Waals surface area contributed by atoms with Gasteiger partial charge >= 0.3 is 0 Å². The maximum atomic E-state index is 12.0. The van der Waals surface area contributed by atoms with E-state index in [4.69, 9.17) is 0 Å². The first-order chi connectivity index (χ1) is 12.1. The molecule has 0 aliphatic rings.